The lowest BCUT2D eigenvalue weighted by Crippen LogP contribution is -2.45. The maximum atomic E-state index is 13.1. The Balaban J connectivity index is 2.06. The van der Waals surface area contributed by atoms with Crippen LogP contribution in [0.25, 0.3) is 21.9 Å². The molecule has 142 valence electrons. The molecule has 27 heavy (non-hydrogen) atoms. The number of fused-ring (bicyclic) bond motifs is 4. The molecule has 1 aliphatic heterocycles. The van der Waals surface area contributed by atoms with Crippen molar-refractivity contribution in [3.8, 4) is 17.2 Å². The first kappa shape index (κ1) is 17.6. The van der Waals surface area contributed by atoms with Gasteiger partial charge in [-0.05, 0) is 19.1 Å². The number of methoxy groups -OCH3 is 2. The molecule has 7 heteroatoms. The van der Waals surface area contributed by atoms with E-state index < -0.39 is 18.3 Å². The van der Waals surface area contributed by atoms with E-state index in [9.17, 15) is 15.0 Å². The van der Waals surface area contributed by atoms with E-state index in [1.54, 1.807) is 24.3 Å². The minimum atomic E-state index is -1.44. The predicted octanol–water partition coefficient (Wildman–Crippen LogP) is 2.01. The predicted molar refractivity (Wildman–Crippen MR) is 98.9 cm³/mol. The second-order valence-electron chi connectivity index (χ2n) is 6.85. The summed E-state index contributed by atoms with van der Waals surface area (Å²) in [5.41, 5.74) is -0.350. The molecule has 1 aromatic heterocycles. The van der Waals surface area contributed by atoms with Crippen LogP contribution in [-0.2, 0) is 6.42 Å². The molecule has 1 aliphatic rings. The van der Waals surface area contributed by atoms with E-state index in [1.165, 1.54) is 21.1 Å². The van der Waals surface area contributed by atoms with Gasteiger partial charge in [-0.15, -0.1) is 0 Å². The maximum Gasteiger partial charge on any atom is 0.204 e. The summed E-state index contributed by atoms with van der Waals surface area (Å²) in [6.07, 6.45) is -0.390. The first-order valence-corrected chi connectivity index (χ1v) is 8.54. The summed E-state index contributed by atoms with van der Waals surface area (Å²) in [7, 11) is 2.97. The molecule has 3 aromatic rings. The summed E-state index contributed by atoms with van der Waals surface area (Å²) in [6, 6.07) is 6.73. The van der Waals surface area contributed by atoms with Crippen LogP contribution in [0, 0.1) is 0 Å². The lowest BCUT2D eigenvalue weighted by molar-refractivity contribution is -0.0729. The van der Waals surface area contributed by atoms with Crippen LogP contribution >= 0.6 is 0 Å². The van der Waals surface area contributed by atoms with E-state index in [-0.39, 0.29) is 11.8 Å². The average Bonchev–Trinajstić information content (AvgIpc) is 3.12. The zero-order valence-electron chi connectivity index (χ0n) is 15.2. The summed E-state index contributed by atoms with van der Waals surface area (Å²) in [5.74, 6) is 1.22. The largest absolute Gasteiger partial charge is 0.496 e. The van der Waals surface area contributed by atoms with Gasteiger partial charge in [0.25, 0.3) is 0 Å². The first-order chi connectivity index (χ1) is 12.9. The van der Waals surface area contributed by atoms with E-state index in [1.807, 2.05) is 0 Å². The smallest absolute Gasteiger partial charge is 0.204 e. The summed E-state index contributed by atoms with van der Waals surface area (Å²) < 4.78 is 22.7. The third-order valence-electron chi connectivity index (χ3n) is 5.07. The number of hydrogen-bond acceptors (Lipinski definition) is 7. The van der Waals surface area contributed by atoms with Crippen LogP contribution in [0.1, 0.15) is 12.5 Å². The molecule has 2 aromatic carbocycles. The van der Waals surface area contributed by atoms with Crippen LogP contribution in [0.15, 0.2) is 33.5 Å². The fraction of sp³-hybridized carbons (Fsp3) is 0.350. The average molecular weight is 372 g/mol. The zero-order valence-corrected chi connectivity index (χ0v) is 15.2. The van der Waals surface area contributed by atoms with Crippen molar-refractivity contribution >= 4 is 21.9 Å². The second-order valence-corrected chi connectivity index (χ2v) is 6.85. The molecule has 4 rings (SSSR count). The number of ether oxygens (including phenoxy) is 3. The van der Waals surface area contributed by atoms with Gasteiger partial charge in [-0.1, -0.05) is 6.07 Å². The van der Waals surface area contributed by atoms with Crippen molar-refractivity contribution < 1.29 is 28.8 Å². The molecule has 0 bridgehead atoms. The van der Waals surface area contributed by atoms with Gasteiger partial charge in [0.1, 0.15) is 34.2 Å². The normalized spacial score (nSPS) is 18.2. The van der Waals surface area contributed by atoms with Gasteiger partial charge in [0.2, 0.25) is 5.43 Å². The van der Waals surface area contributed by atoms with Gasteiger partial charge in [0.05, 0.1) is 26.2 Å². The standard InChI is InChI=1S/C20H20O7/c1-20(23,9-21)15-7-11-13(26-15)8-14(25-3)16-17(22)10-5-4-6-12(24-2)18(10)27-19(11)16/h4-6,8,15,21,23H,7,9H2,1-3H3/t15-,20-/m0/s1. The summed E-state index contributed by atoms with van der Waals surface area (Å²) in [6.45, 7) is 1.04. The van der Waals surface area contributed by atoms with Gasteiger partial charge in [-0.3, -0.25) is 4.79 Å². The SMILES string of the molecule is COc1cccc2c(=O)c3c(OC)cc4c(c3oc12)C[C@@H]([C@@](C)(O)CO)O4. The molecular formula is C20H20O7. The van der Waals surface area contributed by atoms with Gasteiger partial charge in [0, 0.05) is 18.1 Å². The van der Waals surface area contributed by atoms with Crippen molar-refractivity contribution in [1.82, 2.24) is 0 Å². The van der Waals surface area contributed by atoms with Gasteiger partial charge in [0.15, 0.2) is 11.3 Å². The Morgan fingerprint density at radius 2 is 1.96 bits per heavy atom. The Labute approximate surface area is 154 Å². The molecule has 0 aliphatic carbocycles. The highest BCUT2D eigenvalue weighted by molar-refractivity contribution is 5.97. The molecule has 0 fully saturated rings. The minimum Gasteiger partial charge on any atom is -0.496 e. The number of rotatable bonds is 4. The monoisotopic (exact) mass is 372 g/mol. The molecule has 0 spiro atoms. The van der Waals surface area contributed by atoms with Gasteiger partial charge in [-0.2, -0.15) is 0 Å². The third kappa shape index (κ3) is 2.54. The van der Waals surface area contributed by atoms with Gasteiger partial charge < -0.3 is 28.8 Å². The summed E-state index contributed by atoms with van der Waals surface area (Å²) >= 11 is 0. The molecule has 0 unspecified atom stereocenters. The quantitative estimate of drug-likeness (QED) is 0.676. The highest BCUT2D eigenvalue weighted by atomic mass is 16.5. The fourth-order valence-electron chi connectivity index (χ4n) is 3.47. The van der Waals surface area contributed by atoms with Crippen LogP contribution in [-0.4, -0.2) is 42.7 Å². The van der Waals surface area contributed by atoms with Gasteiger partial charge in [-0.25, -0.2) is 0 Å². The highest BCUT2D eigenvalue weighted by Crippen LogP contribution is 2.43. The fourth-order valence-corrected chi connectivity index (χ4v) is 3.47. The number of para-hydroxylation sites is 1. The Kier molecular flexibility index (Phi) is 4.01. The molecule has 7 nitrogen and oxygen atoms in total. The lowest BCUT2D eigenvalue weighted by Gasteiger charge is -2.26. The topological polar surface area (TPSA) is 98.4 Å². The zero-order chi connectivity index (χ0) is 19.3. The molecular weight excluding hydrogens is 352 g/mol. The summed E-state index contributed by atoms with van der Waals surface area (Å²) in [5, 5.41) is 20.5. The van der Waals surface area contributed by atoms with Crippen molar-refractivity contribution in [2.45, 2.75) is 25.0 Å². The Hall–Kier alpha value is -2.77. The highest BCUT2D eigenvalue weighted by Gasteiger charge is 2.40. The second kappa shape index (κ2) is 6.14. The van der Waals surface area contributed by atoms with Gasteiger partial charge >= 0.3 is 0 Å². The molecule has 2 heterocycles. The molecule has 0 amide bonds. The Morgan fingerprint density at radius 3 is 2.63 bits per heavy atom. The van der Waals surface area contributed by atoms with E-state index >= 15 is 0 Å². The minimum absolute atomic E-state index is 0.234. The molecule has 0 saturated carbocycles. The van der Waals surface area contributed by atoms with E-state index in [0.717, 1.165) is 0 Å². The molecule has 0 radical (unpaired) electrons. The van der Waals surface area contributed by atoms with Crippen molar-refractivity contribution in [2.75, 3.05) is 20.8 Å². The summed E-state index contributed by atoms with van der Waals surface area (Å²) in [4.78, 5) is 13.1. The van der Waals surface area contributed by atoms with Crippen LogP contribution in [0.3, 0.4) is 0 Å². The van der Waals surface area contributed by atoms with Crippen molar-refractivity contribution in [3.05, 3.63) is 40.1 Å². The van der Waals surface area contributed by atoms with Crippen molar-refractivity contribution in [1.29, 1.82) is 0 Å². The van der Waals surface area contributed by atoms with E-state index in [4.69, 9.17) is 18.6 Å². The first-order valence-electron chi connectivity index (χ1n) is 8.54. The lowest BCUT2D eigenvalue weighted by atomic mass is 9.95. The van der Waals surface area contributed by atoms with Crippen LogP contribution in [0.5, 0.6) is 17.2 Å². The molecule has 2 N–H and O–H groups in total. The van der Waals surface area contributed by atoms with E-state index in [2.05, 4.69) is 0 Å². The number of aliphatic hydroxyl groups is 2. The molecule has 0 saturated heterocycles. The van der Waals surface area contributed by atoms with Crippen molar-refractivity contribution in [3.63, 3.8) is 0 Å². The number of benzene rings is 2. The molecule has 2 atom stereocenters. The van der Waals surface area contributed by atoms with Crippen LogP contribution in [0.2, 0.25) is 0 Å². The van der Waals surface area contributed by atoms with Crippen LogP contribution in [0.4, 0.5) is 0 Å². The maximum absolute atomic E-state index is 13.1. The van der Waals surface area contributed by atoms with Crippen LogP contribution < -0.4 is 19.6 Å². The Bertz CT molecular complexity index is 1100. The number of aliphatic hydroxyl groups excluding tert-OH is 1. The number of hydrogen-bond donors (Lipinski definition) is 2. The van der Waals surface area contributed by atoms with E-state index in [0.29, 0.717) is 44.8 Å². The van der Waals surface area contributed by atoms with Crippen molar-refractivity contribution in [2.24, 2.45) is 0 Å². The Morgan fingerprint density at radius 1 is 1.22 bits per heavy atom. The third-order valence-corrected chi connectivity index (χ3v) is 5.07.